The van der Waals surface area contributed by atoms with Gasteiger partial charge in [0, 0.05) is 13.1 Å². The SMILES string of the molecule is O=C(O)N1CC=C(c2ccc(F)cn2)CC1. The highest BCUT2D eigenvalue weighted by Gasteiger charge is 2.17. The molecule has 5 heteroatoms. The minimum absolute atomic E-state index is 0.365. The normalized spacial score (nSPS) is 15.8. The van der Waals surface area contributed by atoms with Gasteiger partial charge in [0.05, 0.1) is 11.9 Å². The molecule has 0 aliphatic carbocycles. The molecule has 1 aliphatic rings. The van der Waals surface area contributed by atoms with Gasteiger partial charge in [0.2, 0.25) is 0 Å². The molecule has 0 unspecified atom stereocenters. The molecule has 4 nitrogen and oxygen atoms in total. The van der Waals surface area contributed by atoms with Gasteiger partial charge in [-0.05, 0) is 24.1 Å². The highest BCUT2D eigenvalue weighted by Crippen LogP contribution is 2.20. The van der Waals surface area contributed by atoms with E-state index in [1.54, 1.807) is 6.07 Å². The summed E-state index contributed by atoms with van der Waals surface area (Å²) >= 11 is 0. The van der Waals surface area contributed by atoms with E-state index in [1.807, 2.05) is 6.08 Å². The Hall–Kier alpha value is -1.91. The van der Waals surface area contributed by atoms with E-state index >= 15 is 0 Å². The fourth-order valence-corrected chi connectivity index (χ4v) is 1.64. The number of amides is 1. The van der Waals surface area contributed by atoms with Gasteiger partial charge in [0.1, 0.15) is 5.82 Å². The zero-order chi connectivity index (χ0) is 11.5. The third kappa shape index (κ3) is 2.18. The summed E-state index contributed by atoms with van der Waals surface area (Å²) in [6, 6.07) is 2.96. The van der Waals surface area contributed by atoms with Crippen LogP contribution < -0.4 is 0 Å². The molecule has 2 heterocycles. The molecule has 0 fully saturated rings. The van der Waals surface area contributed by atoms with Gasteiger partial charge in [-0.1, -0.05) is 6.08 Å². The molecule has 0 spiro atoms. The summed E-state index contributed by atoms with van der Waals surface area (Å²) in [5.41, 5.74) is 1.68. The number of hydrogen-bond donors (Lipinski definition) is 1. The van der Waals surface area contributed by atoms with Gasteiger partial charge in [-0.15, -0.1) is 0 Å². The number of carboxylic acid groups (broad SMARTS) is 1. The predicted molar refractivity (Wildman–Crippen MR) is 56.4 cm³/mol. The third-order valence-electron chi connectivity index (χ3n) is 2.54. The molecule has 0 saturated heterocycles. The van der Waals surface area contributed by atoms with Crippen LogP contribution in [-0.4, -0.2) is 34.2 Å². The molecule has 0 saturated carbocycles. The molecule has 1 aromatic rings. The molecule has 1 N–H and O–H groups in total. The Morgan fingerprint density at radius 3 is 2.81 bits per heavy atom. The zero-order valence-corrected chi connectivity index (χ0v) is 8.56. The lowest BCUT2D eigenvalue weighted by Crippen LogP contribution is -2.33. The van der Waals surface area contributed by atoms with Crippen molar-refractivity contribution >= 4 is 11.7 Å². The maximum absolute atomic E-state index is 12.7. The van der Waals surface area contributed by atoms with E-state index in [4.69, 9.17) is 5.11 Å². The monoisotopic (exact) mass is 222 g/mol. The second-order valence-electron chi connectivity index (χ2n) is 3.57. The molecule has 0 bridgehead atoms. The molecule has 16 heavy (non-hydrogen) atoms. The van der Waals surface area contributed by atoms with Crippen molar-refractivity contribution in [1.29, 1.82) is 0 Å². The number of rotatable bonds is 1. The molecule has 0 aromatic carbocycles. The van der Waals surface area contributed by atoms with Crippen molar-refractivity contribution in [1.82, 2.24) is 9.88 Å². The van der Waals surface area contributed by atoms with Crippen LogP contribution in [0.15, 0.2) is 24.4 Å². The second kappa shape index (κ2) is 4.30. The average molecular weight is 222 g/mol. The van der Waals surface area contributed by atoms with Gasteiger partial charge >= 0.3 is 6.09 Å². The summed E-state index contributed by atoms with van der Waals surface area (Å²) in [4.78, 5) is 16.0. The molecular weight excluding hydrogens is 211 g/mol. The lowest BCUT2D eigenvalue weighted by atomic mass is 10.0. The van der Waals surface area contributed by atoms with Crippen molar-refractivity contribution in [3.05, 3.63) is 35.9 Å². The Kier molecular flexibility index (Phi) is 2.85. The van der Waals surface area contributed by atoms with Gasteiger partial charge in [-0.3, -0.25) is 4.98 Å². The van der Waals surface area contributed by atoms with Crippen LogP contribution in [0.1, 0.15) is 12.1 Å². The van der Waals surface area contributed by atoms with Crippen LogP contribution in [0.2, 0.25) is 0 Å². The van der Waals surface area contributed by atoms with E-state index in [2.05, 4.69) is 4.98 Å². The molecule has 1 amide bonds. The quantitative estimate of drug-likeness (QED) is 0.790. The van der Waals surface area contributed by atoms with Crippen molar-refractivity contribution in [3.8, 4) is 0 Å². The van der Waals surface area contributed by atoms with Crippen LogP contribution in [0.5, 0.6) is 0 Å². The number of pyridine rings is 1. The molecular formula is C11H11FN2O2. The number of hydrogen-bond acceptors (Lipinski definition) is 2. The van der Waals surface area contributed by atoms with Crippen LogP contribution in [0.3, 0.4) is 0 Å². The van der Waals surface area contributed by atoms with Crippen molar-refractivity contribution in [3.63, 3.8) is 0 Å². The van der Waals surface area contributed by atoms with Crippen molar-refractivity contribution < 1.29 is 14.3 Å². The third-order valence-corrected chi connectivity index (χ3v) is 2.54. The highest BCUT2D eigenvalue weighted by atomic mass is 19.1. The van der Waals surface area contributed by atoms with Crippen molar-refractivity contribution in [2.24, 2.45) is 0 Å². The lowest BCUT2D eigenvalue weighted by molar-refractivity contribution is 0.150. The minimum Gasteiger partial charge on any atom is -0.465 e. The molecule has 0 radical (unpaired) electrons. The van der Waals surface area contributed by atoms with Crippen LogP contribution in [0.25, 0.3) is 5.57 Å². The maximum atomic E-state index is 12.7. The minimum atomic E-state index is -0.914. The smallest absolute Gasteiger partial charge is 0.407 e. The first-order valence-corrected chi connectivity index (χ1v) is 4.95. The van der Waals surface area contributed by atoms with E-state index < -0.39 is 6.09 Å². The molecule has 84 valence electrons. The van der Waals surface area contributed by atoms with Crippen LogP contribution in [0.4, 0.5) is 9.18 Å². The van der Waals surface area contributed by atoms with Crippen LogP contribution >= 0.6 is 0 Å². The summed E-state index contributed by atoms with van der Waals surface area (Å²) in [6.07, 6.45) is 2.69. The summed E-state index contributed by atoms with van der Waals surface area (Å²) in [5.74, 6) is -0.368. The summed E-state index contributed by atoms with van der Waals surface area (Å²) < 4.78 is 12.7. The first kappa shape index (κ1) is 10.6. The van der Waals surface area contributed by atoms with E-state index in [0.717, 1.165) is 5.57 Å². The van der Waals surface area contributed by atoms with E-state index in [9.17, 15) is 9.18 Å². The van der Waals surface area contributed by atoms with Gasteiger partial charge in [-0.2, -0.15) is 0 Å². The Morgan fingerprint density at radius 1 is 1.50 bits per heavy atom. The fourth-order valence-electron chi connectivity index (χ4n) is 1.64. The first-order valence-electron chi connectivity index (χ1n) is 4.95. The second-order valence-corrected chi connectivity index (χ2v) is 3.57. The van der Waals surface area contributed by atoms with E-state index in [0.29, 0.717) is 25.2 Å². The van der Waals surface area contributed by atoms with Gasteiger partial charge in [0.25, 0.3) is 0 Å². The molecule has 1 aliphatic heterocycles. The van der Waals surface area contributed by atoms with Crippen molar-refractivity contribution in [2.75, 3.05) is 13.1 Å². The maximum Gasteiger partial charge on any atom is 0.407 e. The summed E-state index contributed by atoms with van der Waals surface area (Å²) in [6.45, 7) is 0.823. The standard InChI is InChI=1S/C11H11FN2O2/c12-9-1-2-10(13-7-9)8-3-5-14(6-4-8)11(15)16/h1-3,7H,4-6H2,(H,15,16). The molecule has 1 aromatic heterocycles. The largest absolute Gasteiger partial charge is 0.465 e. The molecule has 0 atom stereocenters. The Balaban J connectivity index is 2.13. The van der Waals surface area contributed by atoms with Crippen LogP contribution in [0, 0.1) is 5.82 Å². The molecule has 2 rings (SSSR count). The zero-order valence-electron chi connectivity index (χ0n) is 8.56. The number of nitrogens with zero attached hydrogens (tertiary/aromatic N) is 2. The van der Waals surface area contributed by atoms with E-state index in [1.165, 1.54) is 17.2 Å². The Morgan fingerprint density at radius 2 is 2.31 bits per heavy atom. The average Bonchev–Trinajstić information content (AvgIpc) is 2.30. The highest BCUT2D eigenvalue weighted by molar-refractivity contribution is 5.69. The number of aromatic nitrogens is 1. The van der Waals surface area contributed by atoms with Gasteiger partial charge < -0.3 is 10.0 Å². The predicted octanol–water partition coefficient (Wildman–Crippen LogP) is 1.99. The van der Waals surface area contributed by atoms with Crippen molar-refractivity contribution in [2.45, 2.75) is 6.42 Å². The van der Waals surface area contributed by atoms with Gasteiger partial charge in [-0.25, -0.2) is 9.18 Å². The van der Waals surface area contributed by atoms with Crippen LogP contribution in [-0.2, 0) is 0 Å². The Labute approximate surface area is 92.0 Å². The van der Waals surface area contributed by atoms with Gasteiger partial charge in [0.15, 0.2) is 0 Å². The first-order chi connectivity index (χ1) is 7.66. The number of carbonyl (C=O) groups is 1. The number of halogens is 1. The lowest BCUT2D eigenvalue weighted by Gasteiger charge is -2.23. The summed E-state index contributed by atoms with van der Waals surface area (Å²) in [5, 5.41) is 8.76. The summed E-state index contributed by atoms with van der Waals surface area (Å²) in [7, 11) is 0. The fraction of sp³-hybridized carbons (Fsp3) is 0.273. The topological polar surface area (TPSA) is 53.4 Å². The van der Waals surface area contributed by atoms with E-state index in [-0.39, 0.29) is 5.82 Å². The Bertz CT molecular complexity index is 428.